The van der Waals surface area contributed by atoms with E-state index in [4.69, 9.17) is 4.74 Å². The monoisotopic (exact) mass is 252 g/mol. The van der Waals surface area contributed by atoms with Crippen molar-refractivity contribution >= 4 is 0 Å². The van der Waals surface area contributed by atoms with Crippen molar-refractivity contribution in [3.8, 4) is 0 Å². The topological polar surface area (TPSA) is 49.7 Å². The Morgan fingerprint density at radius 2 is 2.06 bits per heavy atom. The van der Waals surface area contributed by atoms with Gasteiger partial charge in [-0.3, -0.25) is 0 Å². The summed E-state index contributed by atoms with van der Waals surface area (Å²) in [5.41, 5.74) is 1.47. The highest BCUT2D eigenvalue weighted by Crippen LogP contribution is 2.59. The van der Waals surface area contributed by atoms with E-state index in [0.29, 0.717) is 11.8 Å². The first-order valence-electron chi connectivity index (χ1n) is 7.17. The van der Waals surface area contributed by atoms with Crippen LogP contribution in [0.25, 0.3) is 0 Å². The summed E-state index contributed by atoms with van der Waals surface area (Å²) in [6, 6.07) is 0. The molecule has 0 aromatic heterocycles. The van der Waals surface area contributed by atoms with Crippen molar-refractivity contribution in [2.24, 2.45) is 23.2 Å². The number of hydrogen-bond donors (Lipinski definition) is 2. The lowest BCUT2D eigenvalue weighted by Crippen LogP contribution is -2.48. The fourth-order valence-corrected chi connectivity index (χ4v) is 4.68. The summed E-state index contributed by atoms with van der Waals surface area (Å²) in [4.78, 5) is 0. The molecule has 2 fully saturated rings. The van der Waals surface area contributed by atoms with Gasteiger partial charge < -0.3 is 14.9 Å². The number of aliphatic hydroxyl groups is 2. The summed E-state index contributed by atoms with van der Waals surface area (Å²) in [6.45, 7) is 6.64. The third-order valence-electron chi connectivity index (χ3n) is 5.83. The van der Waals surface area contributed by atoms with Crippen molar-refractivity contribution in [1.29, 1.82) is 0 Å². The third-order valence-corrected chi connectivity index (χ3v) is 5.83. The molecule has 0 bridgehead atoms. The minimum absolute atomic E-state index is 0.0824. The summed E-state index contributed by atoms with van der Waals surface area (Å²) in [5, 5.41) is 19.9. The number of allylic oxidation sites excluding steroid dienone is 1. The van der Waals surface area contributed by atoms with Gasteiger partial charge in [0.2, 0.25) is 0 Å². The summed E-state index contributed by atoms with van der Waals surface area (Å²) in [6.07, 6.45) is 4.15. The second-order valence-corrected chi connectivity index (χ2v) is 6.67. The lowest BCUT2D eigenvalue weighted by molar-refractivity contribution is -0.110. The van der Waals surface area contributed by atoms with Crippen LogP contribution in [0.4, 0.5) is 0 Å². The molecular formula is C15H24O3. The molecule has 102 valence electrons. The molecule has 0 spiro atoms. The van der Waals surface area contributed by atoms with Gasteiger partial charge in [0.25, 0.3) is 0 Å². The predicted octanol–water partition coefficient (Wildman–Crippen LogP) is 2.08. The summed E-state index contributed by atoms with van der Waals surface area (Å²) >= 11 is 0. The van der Waals surface area contributed by atoms with Crippen LogP contribution in [0.15, 0.2) is 11.6 Å². The largest absolute Gasteiger partial charge is 0.389 e. The first-order valence-corrected chi connectivity index (χ1v) is 7.17. The number of fused-ring (bicyclic) bond motifs is 3. The van der Waals surface area contributed by atoms with Gasteiger partial charge in [-0.1, -0.05) is 32.4 Å². The van der Waals surface area contributed by atoms with Gasteiger partial charge >= 0.3 is 0 Å². The molecule has 7 atom stereocenters. The molecule has 3 aliphatic rings. The zero-order valence-corrected chi connectivity index (χ0v) is 11.5. The highest BCUT2D eigenvalue weighted by atomic mass is 16.6. The Morgan fingerprint density at radius 3 is 2.78 bits per heavy atom. The minimum atomic E-state index is -0.616. The fraction of sp³-hybridized carbons (Fsp3) is 0.867. The zero-order chi connectivity index (χ0) is 13.1. The maximum Gasteiger partial charge on any atom is 0.157 e. The highest BCUT2D eigenvalue weighted by molar-refractivity contribution is 5.26. The molecule has 0 radical (unpaired) electrons. The molecule has 1 saturated carbocycles. The maximum absolute atomic E-state index is 9.98. The van der Waals surface area contributed by atoms with Crippen molar-refractivity contribution in [2.45, 2.75) is 58.5 Å². The van der Waals surface area contributed by atoms with E-state index >= 15 is 0 Å². The average Bonchev–Trinajstić information content (AvgIpc) is 2.58. The van der Waals surface area contributed by atoms with Gasteiger partial charge in [0.1, 0.15) is 0 Å². The molecule has 3 nitrogen and oxygen atoms in total. The maximum atomic E-state index is 9.98. The summed E-state index contributed by atoms with van der Waals surface area (Å²) < 4.78 is 5.73. The Hall–Kier alpha value is -0.380. The Bertz CT molecular complexity index is 378. The van der Waals surface area contributed by atoms with Gasteiger partial charge in [-0.15, -0.1) is 0 Å². The van der Waals surface area contributed by atoms with Crippen molar-refractivity contribution in [3.05, 3.63) is 11.6 Å². The Labute approximate surface area is 109 Å². The second-order valence-electron chi connectivity index (χ2n) is 6.67. The zero-order valence-electron chi connectivity index (χ0n) is 11.5. The Morgan fingerprint density at radius 1 is 1.33 bits per heavy atom. The van der Waals surface area contributed by atoms with E-state index in [2.05, 4.69) is 26.8 Å². The van der Waals surface area contributed by atoms with Crippen LogP contribution in [0.3, 0.4) is 0 Å². The molecule has 0 amide bonds. The molecule has 3 rings (SSSR count). The van der Waals surface area contributed by atoms with Gasteiger partial charge in [-0.25, -0.2) is 0 Å². The molecule has 3 heteroatoms. The molecule has 1 heterocycles. The summed E-state index contributed by atoms with van der Waals surface area (Å²) in [7, 11) is 0. The molecule has 0 aromatic carbocycles. The average molecular weight is 252 g/mol. The van der Waals surface area contributed by atoms with E-state index in [0.717, 1.165) is 19.3 Å². The van der Waals surface area contributed by atoms with E-state index in [1.807, 2.05) is 0 Å². The van der Waals surface area contributed by atoms with Gasteiger partial charge in [0.15, 0.2) is 6.29 Å². The van der Waals surface area contributed by atoms with Crippen LogP contribution in [0.1, 0.15) is 40.0 Å². The van der Waals surface area contributed by atoms with E-state index in [1.165, 1.54) is 5.57 Å². The van der Waals surface area contributed by atoms with Gasteiger partial charge in [0, 0.05) is 11.8 Å². The van der Waals surface area contributed by atoms with Gasteiger partial charge in [-0.2, -0.15) is 0 Å². The number of hydrogen-bond acceptors (Lipinski definition) is 3. The van der Waals surface area contributed by atoms with Crippen LogP contribution in [0, 0.1) is 23.2 Å². The van der Waals surface area contributed by atoms with Crippen LogP contribution in [-0.2, 0) is 4.74 Å². The quantitative estimate of drug-likeness (QED) is 0.649. The molecule has 0 unspecified atom stereocenters. The first kappa shape index (κ1) is 12.6. The highest BCUT2D eigenvalue weighted by Gasteiger charge is 2.57. The molecule has 1 saturated heterocycles. The van der Waals surface area contributed by atoms with Crippen LogP contribution in [-0.4, -0.2) is 28.7 Å². The van der Waals surface area contributed by atoms with Crippen LogP contribution in [0.2, 0.25) is 0 Å². The third kappa shape index (κ3) is 1.54. The first-order chi connectivity index (χ1) is 8.44. The predicted molar refractivity (Wildman–Crippen MR) is 68.7 cm³/mol. The number of ether oxygens (including phenoxy) is 1. The smallest absolute Gasteiger partial charge is 0.157 e. The van der Waals surface area contributed by atoms with Crippen LogP contribution in [0.5, 0.6) is 0 Å². The van der Waals surface area contributed by atoms with Crippen molar-refractivity contribution in [2.75, 3.05) is 0 Å². The number of rotatable bonds is 0. The fourth-order valence-electron chi connectivity index (χ4n) is 4.68. The van der Waals surface area contributed by atoms with Crippen molar-refractivity contribution in [3.63, 3.8) is 0 Å². The Balaban J connectivity index is 2.02. The van der Waals surface area contributed by atoms with Crippen molar-refractivity contribution < 1.29 is 14.9 Å². The minimum Gasteiger partial charge on any atom is -0.389 e. The molecule has 0 aromatic rings. The van der Waals surface area contributed by atoms with E-state index in [9.17, 15) is 10.2 Å². The van der Waals surface area contributed by atoms with Crippen molar-refractivity contribution in [1.82, 2.24) is 0 Å². The molecular weight excluding hydrogens is 228 g/mol. The normalized spacial score (nSPS) is 55.7. The molecule has 2 N–H and O–H groups in total. The lowest BCUT2D eigenvalue weighted by atomic mass is 9.52. The summed E-state index contributed by atoms with van der Waals surface area (Å²) in [5.74, 6) is 1.01. The van der Waals surface area contributed by atoms with Crippen LogP contribution < -0.4 is 0 Å². The van der Waals surface area contributed by atoms with Gasteiger partial charge in [0.05, 0.1) is 12.2 Å². The van der Waals surface area contributed by atoms with E-state index < -0.39 is 6.29 Å². The van der Waals surface area contributed by atoms with E-state index in [1.54, 1.807) is 0 Å². The molecule has 2 aliphatic carbocycles. The standard InChI is InChI=1S/C15H24O3/c1-8-6-11(16)7-10-4-5-12-13(15(8,10)3)9(2)14(17)18-12/h7-9,11-14,16-17H,4-6H2,1-3H3/t8-,9-,11+,12+,13-,14-,15+/m0/s1. The number of aliphatic hydroxyl groups excluding tert-OH is 2. The lowest BCUT2D eigenvalue weighted by Gasteiger charge is -2.52. The second kappa shape index (κ2) is 4.06. The van der Waals surface area contributed by atoms with Crippen LogP contribution >= 0.6 is 0 Å². The molecule has 1 aliphatic heterocycles. The SMILES string of the molecule is C[C@H]1[C@H]2[C@@H](CCC3=C[C@H](O)C[C@H](C)[C@]32C)O[C@@H]1O. The van der Waals surface area contributed by atoms with E-state index in [-0.39, 0.29) is 23.5 Å². The molecule has 18 heavy (non-hydrogen) atoms. The Kier molecular flexibility index (Phi) is 2.85. The van der Waals surface area contributed by atoms with Gasteiger partial charge in [-0.05, 0) is 30.6 Å².